The molecule has 3 heteroatoms. The molecule has 2 fully saturated rings. The summed E-state index contributed by atoms with van der Waals surface area (Å²) in [6.07, 6.45) is 9.21. The second kappa shape index (κ2) is 7.92. The summed E-state index contributed by atoms with van der Waals surface area (Å²) in [5.74, 6) is 0. The molecular weight excluding hydrogens is 260 g/mol. The number of likely N-dealkylation sites (tertiary alicyclic amines) is 1. The molecule has 2 aliphatic rings. The molecule has 0 aromatic heterocycles. The van der Waals surface area contributed by atoms with E-state index in [1.807, 2.05) is 0 Å². The van der Waals surface area contributed by atoms with E-state index < -0.39 is 0 Å². The summed E-state index contributed by atoms with van der Waals surface area (Å²) in [6, 6.07) is 11.4. The Hall–Kier alpha value is -0.900. The second-order valence-electron chi connectivity index (χ2n) is 6.49. The minimum atomic E-state index is 0.473. The Morgan fingerprint density at radius 2 is 1.71 bits per heavy atom. The zero-order valence-corrected chi connectivity index (χ0v) is 13.0. The summed E-state index contributed by atoms with van der Waals surface area (Å²) in [5.41, 5.74) is 4.78. The van der Waals surface area contributed by atoms with E-state index in [-0.39, 0.29) is 0 Å². The van der Waals surface area contributed by atoms with E-state index in [1.54, 1.807) is 0 Å². The Morgan fingerprint density at radius 3 is 2.43 bits per heavy atom. The molecule has 1 aliphatic carbocycles. The molecule has 1 aromatic carbocycles. The summed E-state index contributed by atoms with van der Waals surface area (Å²) in [5, 5.41) is 0. The van der Waals surface area contributed by atoms with E-state index >= 15 is 0 Å². The lowest BCUT2D eigenvalue weighted by atomic mass is 10.0. The highest BCUT2D eigenvalue weighted by atomic mass is 16.7. The zero-order valence-electron chi connectivity index (χ0n) is 13.0. The van der Waals surface area contributed by atoms with Gasteiger partial charge in [-0.3, -0.25) is 4.84 Å². The molecule has 0 bridgehead atoms. The number of nitrogens with one attached hydrogen (secondary N) is 1. The van der Waals surface area contributed by atoms with Crippen molar-refractivity contribution in [3.8, 4) is 0 Å². The largest absolute Gasteiger partial charge is 0.303 e. The van der Waals surface area contributed by atoms with Crippen molar-refractivity contribution >= 4 is 0 Å². The summed E-state index contributed by atoms with van der Waals surface area (Å²) in [4.78, 5) is 8.42. The van der Waals surface area contributed by atoms with Crippen molar-refractivity contribution in [3.63, 3.8) is 0 Å². The van der Waals surface area contributed by atoms with Crippen LogP contribution in [-0.2, 0) is 11.3 Å². The number of rotatable bonds is 6. The van der Waals surface area contributed by atoms with E-state index in [4.69, 9.17) is 4.84 Å². The molecule has 0 atom stereocenters. The fourth-order valence-corrected chi connectivity index (χ4v) is 3.40. The third-order valence-corrected chi connectivity index (χ3v) is 4.85. The molecule has 0 unspecified atom stereocenters. The molecule has 1 aliphatic heterocycles. The van der Waals surface area contributed by atoms with Crippen LogP contribution < -0.4 is 5.48 Å². The van der Waals surface area contributed by atoms with Gasteiger partial charge in [0, 0.05) is 12.6 Å². The van der Waals surface area contributed by atoms with Gasteiger partial charge in [0.1, 0.15) is 0 Å². The fourth-order valence-electron chi connectivity index (χ4n) is 3.40. The SMILES string of the molecule is c1ccc(CCN2CCC(NOC3CCCC3)CC2)cc1. The lowest BCUT2D eigenvalue weighted by molar-refractivity contribution is -0.0503. The summed E-state index contributed by atoms with van der Waals surface area (Å²) >= 11 is 0. The first-order valence-electron chi connectivity index (χ1n) is 8.57. The molecule has 1 saturated heterocycles. The van der Waals surface area contributed by atoms with Gasteiger partial charge in [0.05, 0.1) is 6.10 Å². The van der Waals surface area contributed by atoms with Crippen LogP contribution in [0.25, 0.3) is 0 Å². The van der Waals surface area contributed by atoms with E-state index in [2.05, 4.69) is 40.7 Å². The topological polar surface area (TPSA) is 24.5 Å². The second-order valence-corrected chi connectivity index (χ2v) is 6.49. The van der Waals surface area contributed by atoms with Gasteiger partial charge >= 0.3 is 0 Å². The van der Waals surface area contributed by atoms with Crippen molar-refractivity contribution in [1.29, 1.82) is 0 Å². The van der Waals surface area contributed by atoms with Crippen molar-refractivity contribution < 1.29 is 4.84 Å². The summed E-state index contributed by atoms with van der Waals surface area (Å²) in [6.45, 7) is 3.57. The Bertz CT molecular complexity index is 395. The first kappa shape index (κ1) is 15.0. The van der Waals surface area contributed by atoms with Gasteiger partial charge in [0.25, 0.3) is 0 Å². The standard InChI is InChI=1S/C18H28N2O/c1-2-6-16(7-3-1)10-13-20-14-11-17(12-15-20)19-21-18-8-4-5-9-18/h1-3,6-7,17-19H,4-5,8-15H2. The number of hydroxylamine groups is 1. The molecule has 116 valence electrons. The van der Waals surface area contributed by atoms with Gasteiger partial charge in [-0.05, 0) is 50.8 Å². The average Bonchev–Trinajstić information content (AvgIpc) is 3.06. The number of hydrogen-bond acceptors (Lipinski definition) is 3. The maximum atomic E-state index is 5.84. The quantitative estimate of drug-likeness (QED) is 0.814. The first-order valence-corrected chi connectivity index (χ1v) is 8.57. The van der Waals surface area contributed by atoms with Crippen LogP contribution in [0, 0.1) is 0 Å². The molecular formula is C18H28N2O. The Kier molecular flexibility index (Phi) is 5.67. The molecule has 3 rings (SSSR count). The molecule has 0 amide bonds. The van der Waals surface area contributed by atoms with Crippen LogP contribution in [0.15, 0.2) is 30.3 Å². The Morgan fingerprint density at radius 1 is 1.00 bits per heavy atom. The zero-order chi connectivity index (χ0) is 14.3. The van der Waals surface area contributed by atoms with Gasteiger partial charge in [-0.1, -0.05) is 43.2 Å². The molecule has 21 heavy (non-hydrogen) atoms. The van der Waals surface area contributed by atoms with Crippen LogP contribution >= 0.6 is 0 Å². The molecule has 1 saturated carbocycles. The molecule has 1 heterocycles. The number of benzene rings is 1. The Balaban J connectivity index is 1.31. The molecule has 1 N–H and O–H groups in total. The number of piperidine rings is 1. The smallest absolute Gasteiger partial charge is 0.0790 e. The highest BCUT2D eigenvalue weighted by molar-refractivity contribution is 5.14. The van der Waals surface area contributed by atoms with E-state index in [1.165, 1.54) is 63.7 Å². The van der Waals surface area contributed by atoms with Gasteiger partial charge in [-0.15, -0.1) is 0 Å². The van der Waals surface area contributed by atoms with Crippen LogP contribution in [0.5, 0.6) is 0 Å². The Labute approximate surface area is 128 Å². The predicted octanol–water partition coefficient (Wildman–Crippen LogP) is 3.16. The van der Waals surface area contributed by atoms with Crippen LogP contribution in [0.4, 0.5) is 0 Å². The lowest BCUT2D eigenvalue weighted by Gasteiger charge is -2.32. The summed E-state index contributed by atoms with van der Waals surface area (Å²) < 4.78 is 0. The third kappa shape index (κ3) is 4.80. The predicted molar refractivity (Wildman–Crippen MR) is 86.1 cm³/mol. The van der Waals surface area contributed by atoms with Crippen molar-refractivity contribution in [2.75, 3.05) is 19.6 Å². The van der Waals surface area contributed by atoms with Crippen LogP contribution in [0.1, 0.15) is 44.1 Å². The maximum Gasteiger partial charge on any atom is 0.0790 e. The first-order chi connectivity index (χ1) is 10.4. The maximum absolute atomic E-state index is 5.84. The van der Waals surface area contributed by atoms with Crippen molar-refractivity contribution in [1.82, 2.24) is 10.4 Å². The van der Waals surface area contributed by atoms with E-state index in [0.717, 1.165) is 6.42 Å². The molecule has 0 spiro atoms. The van der Waals surface area contributed by atoms with Crippen molar-refractivity contribution in [2.24, 2.45) is 0 Å². The normalized spacial score (nSPS) is 21.9. The molecule has 3 nitrogen and oxygen atoms in total. The van der Waals surface area contributed by atoms with Crippen molar-refractivity contribution in [2.45, 2.75) is 57.1 Å². The van der Waals surface area contributed by atoms with E-state index in [0.29, 0.717) is 12.1 Å². The van der Waals surface area contributed by atoms with Crippen LogP contribution in [0.3, 0.4) is 0 Å². The lowest BCUT2D eigenvalue weighted by Crippen LogP contribution is -2.43. The molecule has 0 radical (unpaired) electrons. The fraction of sp³-hybridized carbons (Fsp3) is 0.667. The number of hydrogen-bond donors (Lipinski definition) is 1. The third-order valence-electron chi connectivity index (χ3n) is 4.85. The summed E-state index contributed by atoms with van der Waals surface area (Å²) in [7, 11) is 0. The highest BCUT2D eigenvalue weighted by Gasteiger charge is 2.21. The molecule has 1 aromatic rings. The van der Waals surface area contributed by atoms with Gasteiger partial charge in [0.2, 0.25) is 0 Å². The van der Waals surface area contributed by atoms with Crippen LogP contribution in [0.2, 0.25) is 0 Å². The van der Waals surface area contributed by atoms with Gasteiger partial charge in [0.15, 0.2) is 0 Å². The minimum absolute atomic E-state index is 0.473. The monoisotopic (exact) mass is 288 g/mol. The van der Waals surface area contributed by atoms with Gasteiger partial charge < -0.3 is 4.90 Å². The highest BCUT2D eigenvalue weighted by Crippen LogP contribution is 2.21. The van der Waals surface area contributed by atoms with Crippen molar-refractivity contribution in [3.05, 3.63) is 35.9 Å². The van der Waals surface area contributed by atoms with Gasteiger partial charge in [-0.2, -0.15) is 5.48 Å². The van der Waals surface area contributed by atoms with Gasteiger partial charge in [-0.25, -0.2) is 0 Å². The number of nitrogens with zero attached hydrogens (tertiary/aromatic N) is 1. The average molecular weight is 288 g/mol. The van der Waals surface area contributed by atoms with E-state index in [9.17, 15) is 0 Å². The van der Waals surface area contributed by atoms with Crippen LogP contribution in [-0.4, -0.2) is 36.7 Å². The minimum Gasteiger partial charge on any atom is -0.303 e.